The number of nitrogens with zero attached hydrogens (tertiary/aromatic N) is 2. The first-order chi connectivity index (χ1) is 17.8. The van der Waals surface area contributed by atoms with Crippen LogP contribution in [0.3, 0.4) is 0 Å². The lowest BCUT2D eigenvalue weighted by Crippen LogP contribution is -2.56. The maximum atomic E-state index is 13.5. The molecule has 0 saturated carbocycles. The van der Waals surface area contributed by atoms with Gasteiger partial charge in [-0.1, -0.05) is 24.3 Å². The molecule has 0 unspecified atom stereocenters. The van der Waals surface area contributed by atoms with Crippen molar-refractivity contribution in [3.63, 3.8) is 0 Å². The van der Waals surface area contributed by atoms with E-state index < -0.39 is 5.66 Å². The van der Waals surface area contributed by atoms with Crippen molar-refractivity contribution >= 4 is 23.2 Å². The van der Waals surface area contributed by atoms with Crippen LogP contribution in [0.25, 0.3) is 0 Å². The molecule has 2 saturated heterocycles. The van der Waals surface area contributed by atoms with Gasteiger partial charge in [-0.05, 0) is 85.0 Å². The third-order valence-corrected chi connectivity index (χ3v) is 7.29. The van der Waals surface area contributed by atoms with Crippen molar-refractivity contribution < 1.29 is 19.8 Å². The molecule has 2 aromatic rings. The molecule has 0 radical (unpaired) electrons. The Morgan fingerprint density at radius 3 is 1.22 bits per heavy atom. The molecule has 6 nitrogen and oxygen atoms in total. The summed E-state index contributed by atoms with van der Waals surface area (Å²) in [4.78, 5) is 30.4. The van der Waals surface area contributed by atoms with Gasteiger partial charge < -0.3 is 10.2 Å². The zero-order chi connectivity index (χ0) is 26.7. The minimum atomic E-state index is -0.879. The van der Waals surface area contributed by atoms with Crippen LogP contribution in [0.4, 0.5) is 11.4 Å². The number of aromatic hydroxyl groups is 2. The second-order valence-corrected chi connectivity index (χ2v) is 9.64. The maximum absolute atomic E-state index is 13.5. The lowest BCUT2D eigenvalue weighted by atomic mass is 9.97. The smallest absolute Gasteiger partial charge is 0.229 e. The molecule has 2 aromatic carbocycles. The van der Waals surface area contributed by atoms with Gasteiger partial charge in [0.15, 0.2) is 0 Å². The van der Waals surface area contributed by atoms with Gasteiger partial charge >= 0.3 is 0 Å². The van der Waals surface area contributed by atoms with E-state index in [1.165, 1.54) is 0 Å². The van der Waals surface area contributed by atoms with Gasteiger partial charge in [0.05, 0.1) is 0 Å². The van der Waals surface area contributed by atoms with Crippen LogP contribution in [0.2, 0.25) is 0 Å². The van der Waals surface area contributed by atoms with Crippen molar-refractivity contribution in [2.75, 3.05) is 9.80 Å². The first kappa shape index (κ1) is 26.0. The number of amides is 2. The Hall–Kier alpha value is -4.06. The van der Waals surface area contributed by atoms with E-state index in [4.69, 9.17) is 0 Å². The minimum Gasteiger partial charge on any atom is -0.507 e. The van der Waals surface area contributed by atoms with Gasteiger partial charge in [-0.2, -0.15) is 0 Å². The number of phenolic OH excluding ortho intramolecular Hbond substituents is 2. The van der Waals surface area contributed by atoms with E-state index in [2.05, 4.69) is 26.3 Å². The monoisotopic (exact) mass is 498 g/mol. The van der Waals surface area contributed by atoms with Gasteiger partial charge in [-0.3, -0.25) is 19.4 Å². The van der Waals surface area contributed by atoms with E-state index in [1.807, 2.05) is 24.3 Å². The zero-order valence-corrected chi connectivity index (χ0v) is 21.2. The van der Waals surface area contributed by atoms with Crippen LogP contribution in [0.5, 0.6) is 11.5 Å². The third kappa shape index (κ3) is 4.48. The highest BCUT2D eigenvalue weighted by atomic mass is 16.3. The molecule has 2 N–H and O–H groups in total. The Morgan fingerprint density at radius 1 is 0.649 bits per heavy atom. The molecule has 1 spiro atoms. The minimum absolute atomic E-state index is 0.0732. The third-order valence-electron chi connectivity index (χ3n) is 7.29. The van der Waals surface area contributed by atoms with Crippen molar-refractivity contribution in [1.82, 2.24) is 0 Å². The molecule has 2 heterocycles. The van der Waals surface area contributed by atoms with Crippen molar-refractivity contribution in [2.24, 2.45) is 0 Å². The molecule has 192 valence electrons. The summed E-state index contributed by atoms with van der Waals surface area (Å²) in [7, 11) is 0. The van der Waals surface area contributed by atoms with Crippen LogP contribution >= 0.6 is 0 Å². The SMILES string of the molecule is C=CCc1cc(N2C(=O)CCC23CCC(=O)N3c2cc(CC=C)c(O)c(CC=C)c2)cc(CC=C)c1O. The summed E-state index contributed by atoms with van der Waals surface area (Å²) in [5.74, 6) is 0.197. The number of carbonyl (C=O) groups excluding carboxylic acids is 2. The number of carbonyl (C=O) groups is 2. The van der Waals surface area contributed by atoms with Crippen LogP contribution in [0, 0.1) is 0 Å². The van der Waals surface area contributed by atoms with E-state index in [9.17, 15) is 19.8 Å². The Morgan fingerprint density at radius 2 is 0.946 bits per heavy atom. The van der Waals surface area contributed by atoms with Gasteiger partial charge in [-0.15, -0.1) is 26.3 Å². The Bertz CT molecular complexity index is 1130. The largest absolute Gasteiger partial charge is 0.507 e. The van der Waals surface area contributed by atoms with Crippen LogP contribution < -0.4 is 9.80 Å². The van der Waals surface area contributed by atoms with Crippen molar-refractivity contribution in [2.45, 2.75) is 57.0 Å². The van der Waals surface area contributed by atoms with Crippen molar-refractivity contribution in [3.8, 4) is 11.5 Å². The van der Waals surface area contributed by atoms with Crippen LogP contribution in [0.1, 0.15) is 47.9 Å². The quantitative estimate of drug-likeness (QED) is 0.414. The number of hydrogen-bond donors (Lipinski definition) is 2. The van der Waals surface area contributed by atoms with Crippen LogP contribution in [-0.2, 0) is 35.3 Å². The average Bonchev–Trinajstić information content (AvgIpc) is 3.37. The predicted octanol–water partition coefficient (Wildman–Crippen LogP) is 5.66. The molecule has 2 amide bonds. The second-order valence-electron chi connectivity index (χ2n) is 9.64. The standard InChI is InChI=1S/C31H34N2O4/c1-5-9-21-17-25(18-22(10-6-2)29(21)36)32-27(34)13-15-31(32)16-14-28(35)33(31)26-19-23(11-7-3)30(37)24(20-26)12-8-4/h5-8,17-20,36-37H,1-4,9-16H2. The molecule has 0 bridgehead atoms. The summed E-state index contributed by atoms with van der Waals surface area (Å²) in [5, 5.41) is 21.6. The number of rotatable bonds is 10. The number of phenols is 2. The molecule has 0 aromatic heterocycles. The van der Waals surface area contributed by atoms with E-state index in [0.29, 0.717) is 85.0 Å². The fourth-order valence-electron chi connectivity index (χ4n) is 5.73. The Balaban J connectivity index is 1.90. The number of hydrogen-bond acceptors (Lipinski definition) is 4. The highest BCUT2D eigenvalue weighted by Crippen LogP contribution is 2.49. The molecular weight excluding hydrogens is 464 g/mol. The van der Waals surface area contributed by atoms with Gasteiger partial charge in [0.2, 0.25) is 11.8 Å². The van der Waals surface area contributed by atoms with E-state index >= 15 is 0 Å². The molecule has 2 fully saturated rings. The molecule has 2 aliphatic rings. The summed E-state index contributed by atoms with van der Waals surface area (Å²) < 4.78 is 0. The fourth-order valence-corrected chi connectivity index (χ4v) is 5.73. The molecule has 37 heavy (non-hydrogen) atoms. The Labute approximate surface area is 218 Å². The van der Waals surface area contributed by atoms with E-state index in [-0.39, 0.29) is 23.3 Å². The van der Waals surface area contributed by atoms with Gasteiger partial charge in [0.1, 0.15) is 17.2 Å². The lowest BCUT2D eigenvalue weighted by molar-refractivity contribution is -0.117. The molecule has 4 rings (SSSR count). The molecule has 6 heteroatoms. The molecule has 0 aliphatic carbocycles. The van der Waals surface area contributed by atoms with E-state index in [1.54, 1.807) is 34.1 Å². The van der Waals surface area contributed by atoms with Gasteiger partial charge in [0, 0.05) is 24.2 Å². The van der Waals surface area contributed by atoms with E-state index in [0.717, 1.165) is 0 Å². The van der Waals surface area contributed by atoms with Gasteiger partial charge in [-0.25, -0.2) is 0 Å². The van der Waals surface area contributed by atoms with Crippen LogP contribution in [0.15, 0.2) is 74.9 Å². The summed E-state index contributed by atoms with van der Waals surface area (Å²) in [6.45, 7) is 15.2. The summed E-state index contributed by atoms with van der Waals surface area (Å²) in [6, 6.07) is 7.27. The van der Waals surface area contributed by atoms with Crippen molar-refractivity contribution in [1.29, 1.82) is 0 Å². The first-order valence-corrected chi connectivity index (χ1v) is 12.6. The summed E-state index contributed by atoms with van der Waals surface area (Å²) in [6.07, 6.45) is 10.2. The fraction of sp³-hybridized carbons (Fsp3) is 0.290. The highest BCUT2D eigenvalue weighted by molar-refractivity contribution is 6.06. The predicted molar refractivity (Wildman–Crippen MR) is 148 cm³/mol. The summed E-state index contributed by atoms with van der Waals surface area (Å²) >= 11 is 0. The summed E-state index contributed by atoms with van der Waals surface area (Å²) in [5.41, 5.74) is 3.08. The van der Waals surface area contributed by atoms with Gasteiger partial charge in [0.25, 0.3) is 0 Å². The second kappa shape index (κ2) is 10.5. The highest BCUT2D eigenvalue weighted by Gasteiger charge is 2.56. The van der Waals surface area contributed by atoms with Crippen LogP contribution in [-0.4, -0.2) is 27.7 Å². The number of allylic oxidation sites excluding steroid dienone is 4. The number of benzene rings is 2. The maximum Gasteiger partial charge on any atom is 0.229 e. The molecular formula is C31H34N2O4. The number of anilines is 2. The zero-order valence-electron chi connectivity index (χ0n) is 21.2. The first-order valence-electron chi connectivity index (χ1n) is 12.6. The average molecular weight is 499 g/mol. The topological polar surface area (TPSA) is 81.1 Å². The Kier molecular flexibility index (Phi) is 7.39. The molecule has 0 atom stereocenters. The van der Waals surface area contributed by atoms with Crippen molar-refractivity contribution in [3.05, 3.63) is 97.1 Å². The normalized spacial score (nSPS) is 16.4. The lowest BCUT2D eigenvalue weighted by Gasteiger charge is -2.43. The molecule has 2 aliphatic heterocycles.